The van der Waals surface area contributed by atoms with Gasteiger partial charge in [-0.15, -0.1) is 0 Å². The van der Waals surface area contributed by atoms with Crippen molar-refractivity contribution in [1.82, 2.24) is 4.90 Å². The van der Waals surface area contributed by atoms with Crippen LogP contribution in [0.25, 0.3) is 0 Å². The van der Waals surface area contributed by atoms with E-state index in [0.29, 0.717) is 10.6 Å². The second-order valence-corrected chi connectivity index (χ2v) is 5.83. The van der Waals surface area contributed by atoms with Crippen LogP contribution < -0.4 is 0 Å². The van der Waals surface area contributed by atoms with Crippen LogP contribution in [0.4, 0.5) is 0 Å². The number of hydrogen-bond donors (Lipinski definition) is 0. The molecule has 2 aromatic rings. The van der Waals surface area contributed by atoms with Crippen molar-refractivity contribution >= 4 is 17.4 Å². The zero-order valence-corrected chi connectivity index (χ0v) is 13.4. The lowest BCUT2D eigenvalue weighted by molar-refractivity contribution is 0.0862. The minimum Gasteiger partial charge on any atom is -0.292 e. The second-order valence-electron chi connectivity index (χ2n) is 5.39. The first kappa shape index (κ1) is 15.7. The van der Waals surface area contributed by atoms with Crippen LogP contribution in [-0.4, -0.2) is 23.8 Å². The molecule has 3 heteroatoms. The van der Waals surface area contributed by atoms with Crippen molar-refractivity contribution < 1.29 is 4.79 Å². The fraction of sp³-hybridized carbons (Fsp3) is 0.278. The van der Waals surface area contributed by atoms with E-state index in [-0.39, 0.29) is 11.8 Å². The van der Waals surface area contributed by atoms with Crippen molar-refractivity contribution in [3.63, 3.8) is 0 Å². The molecule has 0 N–H and O–H groups in total. The number of carbonyl (C=O) groups is 1. The Labute approximate surface area is 131 Å². The zero-order chi connectivity index (χ0) is 15.4. The highest BCUT2D eigenvalue weighted by Gasteiger charge is 2.20. The molecular weight excluding hydrogens is 282 g/mol. The maximum absolute atomic E-state index is 12.5. The van der Waals surface area contributed by atoms with Gasteiger partial charge in [-0.25, -0.2) is 0 Å². The number of hydrogen-bond acceptors (Lipinski definition) is 2. The normalized spacial score (nSPS) is 12.4. The first-order chi connectivity index (χ1) is 9.99. The fourth-order valence-electron chi connectivity index (χ4n) is 2.28. The summed E-state index contributed by atoms with van der Waals surface area (Å²) in [5.74, 6) is 0.0913. The molecule has 0 aromatic heterocycles. The molecule has 0 aliphatic heterocycles. The molecule has 0 amide bonds. The smallest absolute Gasteiger partial charge is 0.179 e. The van der Waals surface area contributed by atoms with Crippen LogP contribution in [-0.2, 0) is 6.54 Å². The lowest BCUT2D eigenvalue weighted by Crippen LogP contribution is -2.35. The van der Waals surface area contributed by atoms with E-state index in [1.54, 1.807) is 12.1 Å². The van der Waals surface area contributed by atoms with E-state index in [9.17, 15) is 4.79 Å². The van der Waals surface area contributed by atoms with Gasteiger partial charge in [-0.05, 0) is 44.2 Å². The van der Waals surface area contributed by atoms with Crippen molar-refractivity contribution in [2.75, 3.05) is 7.05 Å². The minimum atomic E-state index is -0.192. The zero-order valence-electron chi connectivity index (χ0n) is 12.6. The number of nitrogens with zero attached hydrogens (tertiary/aromatic N) is 1. The summed E-state index contributed by atoms with van der Waals surface area (Å²) in [5, 5.41) is 0.592. The summed E-state index contributed by atoms with van der Waals surface area (Å²) in [5.41, 5.74) is 3.14. The molecule has 0 spiro atoms. The number of likely N-dealkylation sites (N-methyl/N-ethyl adjacent to an activating group) is 1. The highest BCUT2D eigenvalue weighted by atomic mass is 35.5. The Morgan fingerprint density at radius 2 is 1.90 bits per heavy atom. The molecule has 110 valence electrons. The SMILES string of the molecule is Cc1ccccc1CN(C)C(C)C(=O)c1cccc(Cl)c1. The molecular formula is C18H20ClNO. The van der Waals surface area contributed by atoms with Crippen LogP contribution in [0.2, 0.25) is 5.02 Å². The molecule has 0 bridgehead atoms. The van der Waals surface area contributed by atoms with Gasteiger partial charge in [0.2, 0.25) is 0 Å². The average Bonchev–Trinajstić information content (AvgIpc) is 2.48. The molecule has 1 unspecified atom stereocenters. The number of rotatable bonds is 5. The molecule has 2 aromatic carbocycles. The maximum Gasteiger partial charge on any atom is 0.179 e. The van der Waals surface area contributed by atoms with Crippen molar-refractivity contribution in [2.24, 2.45) is 0 Å². The summed E-state index contributed by atoms with van der Waals surface area (Å²) >= 11 is 5.96. The summed E-state index contributed by atoms with van der Waals surface area (Å²) < 4.78 is 0. The quantitative estimate of drug-likeness (QED) is 0.765. The summed E-state index contributed by atoms with van der Waals surface area (Å²) in [4.78, 5) is 14.6. The first-order valence-electron chi connectivity index (χ1n) is 7.03. The van der Waals surface area contributed by atoms with Gasteiger partial charge in [0, 0.05) is 17.1 Å². The minimum absolute atomic E-state index is 0.0913. The lowest BCUT2D eigenvalue weighted by Gasteiger charge is -2.24. The van der Waals surface area contributed by atoms with Gasteiger partial charge in [0.25, 0.3) is 0 Å². The molecule has 0 saturated heterocycles. The highest BCUT2D eigenvalue weighted by Crippen LogP contribution is 2.16. The van der Waals surface area contributed by atoms with Gasteiger partial charge in [-0.3, -0.25) is 9.69 Å². The third kappa shape index (κ3) is 3.93. The third-order valence-corrected chi connectivity index (χ3v) is 4.07. The van der Waals surface area contributed by atoms with Crippen LogP contribution in [0.5, 0.6) is 0 Å². The molecule has 0 aliphatic carbocycles. The van der Waals surface area contributed by atoms with Crippen LogP contribution in [0, 0.1) is 6.92 Å². The summed E-state index contributed by atoms with van der Waals surface area (Å²) in [6, 6.07) is 15.2. The Kier molecular flexibility index (Phi) is 5.16. The molecule has 21 heavy (non-hydrogen) atoms. The van der Waals surface area contributed by atoms with Crippen molar-refractivity contribution in [1.29, 1.82) is 0 Å². The fourth-order valence-corrected chi connectivity index (χ4v) is 2.47. The molecule has 1 atom stereocenters. The van der Waals surface area contributed by atoms with E-state index in [0.717, 1.165) is 6.54 Å². The lowest BCUT2D eigenvalue weighted by atomic mass is 10.0. The largest absolute Gasteiger partial charge is 0.292 e. The highest BCUT2D eigenvalue weighted by molar-refractivity contribution is 6.31. The Morgan fingerprint density at radius 3 is 2.57 bits per heavy atom. The Hall–Kier alpha value is -1.64. The van der Waals surface area contributed by atoms with Gasteiger partial charge in [0.1, 0.15) is 0 Å². The Bertz CT molecular complexity index is 639. The van der Waals surface area contributed by atoms with Crippen molar-refractivity contribution in [2.45, 2.75) is 26.4 Å². The van der Waals surface area contributed by atoms with Crippen LogP contribution in [0.1, 0.15) is 28.4 Å². The number of benzene rings is 2. The standard InChI is InChI=1S/C18H20ClNO/c1-13-7-4-5-8-16(13)12-20(3)14(2)18(21)15-9-6-10-17(19)11-15/h4-11,14H,12H2,1-3H3. The average molecular weight is 302 g/mol. The monoisotopic (exact) mass is 301 g/mol. The Balaban J connectivity index is 2.10. The molecule has 0 heterocycles. The number of aryl methyl sites for hydroxylation is 1. The summed E-state index contributed by atoms with van der Waals surface area (Å²) in [6.45, 7) is 4.77. The molecule has 0 fully saturated rings. The molecule has 0 saturated carbocycles. The second kappa shape index (κ2) is 6.88. The van der Waals surface area contributed by atoms with Gasteiger partial charge in [-0.2, -0.15) is 0 Å². The van der Waals surface area contributed by atoms with E-state index >= 15 is 0 Å². The van der Waals surface area contributed by atoms with E-state index in [2.05, 4.69) is 24.0 Å². The molecule has 0 aliphatic rings. The van der Waals surface area contributed by atoms with Gasteiger partial charge < -0.3 is 0 Å². The van der Waals surface area contributed by atoms with Gasteiger partial charge in [-0.1, -0.05) is 48.0 Å². The Morgan fingerprint density at radius 1 is 1.19 bits per heavy atom. The maximum atomic E-state index is 12.5. The van der Waals surface area contributed by atoms with Crippen LogP contribution in [0.15, 0.2) is 48.5 Å². The van der Waals surface area contributed by atoms with Gasteiger partial charge in [0.05, 0.1) is 6.04 Å². The summed E-state index contributed by atoms with van der Waals surface area (Å²) in [7, 11) is 1.97. The molecule has 2 rings (SSSR count). The van der Waals surface area contributed by atoms with Crippen LogP contribution >= 0.6 is 11.6 Å². The molecule has 0 radical (unpaired) electrons. The number of ketones is 1. The van der Waals surface area contributed by atoms with Crippen LogP contribution in [0.3, 0.4) is 0 Å². The predicted molar refractivity (Wildman–Crippen MR) is 87.9 cm³/mol. The number of Topliss-reactive ketones (excluding diaryl/α,β-unsaturated/α-hetero) is 1. The van der Waals surface area contributed by atoms with Crippen molar-refractivity contribution in [3.8, 4) is 0 Å². The van der Waals surface area contributed by atoms with E-state index in [1.165, 1.54) is 11.1 Å². The molecule has 2 nitrogen and oxygen atoms in total. The van der Waals surface area contributed by atoms with Gasteiger partial charge in [0.15, 0.2) is 5.78 Å². The third-order valence-electron chi connectivity index (χ3n) is 3.83. The predicted octanol–water partition coefficient (Wildman–Crippen LogP) is 4.35. The topological polar surface area (TPSA) is 20.3 Å². The van der Waals surface area contributed by atoms with Crippen molar-refractivity contribution in [3.05, 3.63) is 70.2 Å². The van der Waals surface area contributed by atoms with E-state index in [1.807, 2.05) is 38.2 Å². The number of carbonyl (C=O) groups excluding carboxylic acids is 1. The number of halogens is 1. The summed E-state index contributed by atoms with van der Waals surface area (Å²) in [6.07, 6.45) is 0. The van der Waals surface area contributed by atoms with Gasteiger partial charge >= 0.3 is 0 Å². The first-order valence-corrected chi connectivity index (χ1v) is 7.41. The van der Waals surface area contributed by atoms with E-state index < -0.39 is 0 Å². The van der Waals surface area contributed by atoms with E-state index in [4.69, 9.17) is 11.6 Å².